The van der Waals surface area contributed by atoms with E-state index in [9.17, 15) is 4.79 Å². The first kappa shape index (κ1) is 7.50. The summed E-state index contributed by atoms with van der Waals surface area (Å²) in [6.45, 7) is 0.166. The summed E-state index contributed by atoms with van der Waals surface area (Å²) in [6, 6.07) is 0. The van der Waals surface area contributed by atoms with E-state index in [2.05, 4.69) is 5.43 Å². The zero-order valence-electron chi connectivity index (χ0n) is 5.71. The van der Waals surface area contributed by atoms with Crippen molar-refractivity contribution in [2.75, 3.05) is 6.61 Å². The third-order valence-electron chi connectivity index (χ3n) is 1.90. The molecular weight excluding hydrogens is 132 g/mol. The molecule has 4 nitrogen and oxygen atoms in total. The minimum atomic E-state index is -0.0987. The lowest BCUT2D eigenvalue weighted by Gasteiger charge is -1.95. The van der Waals surface area contributed by atoms with E-state index in [1.807, 2.05) is 0 Å². The Bertz CT molecular complexity index is 138. The van der Waals surface area contributed by atoms with Gasteiger partial charge in [-0.2, -0.15) is 0 Å². The van der Waals surface area contributed by atoms with Crippen LogP contribution in [-0.2, 0) is 4.79 Å². The van der Waals surface area contributed by atoms with Gasteiger partial charge in [-0.25, -0.2) is 5.84 Å². The Labute approximate surface area is 59.4 Å². The standard InChI is InChI=1S/C6H12N2O2/c7-8-6(10)5-3-4(5)1-2-9/h4-5,9H,1-3,7H2,(H,8,10)/t4-,5+/m1/s1. The van der Waals surface area contributed by atoms with Crippen LogP contribution in [0.4, 0.5) is 0 Å². The van der Waals surface area contributed by atoms with E-state index in [-0.39, 0.29) is 18.4 Å². The highest BCUT2D eigenvalue weighted by atomic mass is 16.3. The van der Waals surface area contributed by atoms with Crippen LogP contribution in [-0.4, -0.2) is 17.6 Å². The smallest absolute Gasteiger partial charge is 0.237 e. The number of carbonyl (C=O) groups excluding carboxylic acids is 1. The van der Waals surface area contributed by atoms with Crippen LogP contribution in [0.15, 0.2) is 0 Å². The van der Waals surface area contributed by atoms with Crippen LogP contribution in [0.2, 0.25) is 0 Å². The molecule has 0 aromatic carbocycles. The average Bonchev–Trinajstić information content (AvgIpc) is 2.67. The molecule has 0 aromatic rings. The van der Waals surface area contributed by atoms with Crippen molar-refractivity contribution in [3.05, 3.63) is 0 Å². The number of aliphatic hydroxyl groups is 1. The number of rotatable bonds is 3. The van der Waals surface area contributed by atoms with Crippen LogP contribution in [0.5, 0.6) is 0 Å². The van der Waals surface area contributed by atoms with Crippen molar-refractivity contribution < 1.29 is 9.90 Å². The maximum absolute atomic E-state index is 10.7. The lowest BCUT2D eigenvalue weighted by atomic mass is 10.2. The molecule has 0 aliphatic heterocycles. The minimum Gasteiger partial charge on any atom is -0.396 e. The molecule has 1 amide bonds. The maximum atomic E-state index is 10.7. The highest BCUT2D eigenvalue weighted by Crippen LogP contribution is 2.40. The number of aliphatic hydroxyl groups excluding tert-OH is 1. The first-order valence-corrected chi connectivity index (χ1v) is 3.41. The van der Waals surface area contributed by atoms with Crippen molar-refractivity contribution >= 4 is 5.91 Å². The molecule has 0 bridgehead atoms. The Hall–Kier alpha value is -0.610. The summed E-state index contributed by atoms with van der Waals surface area (Å²) >= 11 is 0. The Morgan fingerprint density at radius 2 is 2.50 bits per heavy atom. The maximum Gasteiger partial charge on any atom is 0.237 e. The first-order valence-electron chi connectivity index (χ1n) is 3.41. The molecule has 0 spiro atoms. The molecule has 1 fully saturated rings. The molecule has 10 heavy (non-hydrogen) atoms. The number of nitrogens with two attached hydrogens (primary N) is 1. The highest BCUT2D eigenvalue weighted by Gasteiger charge is 2.41. The Morgan fingerprint density at radius 1 is 1.80 bits per heavy atom. The van der Waals surface area contributed by atoms with E-state index >= 15 is 0 Å². The predicted molar refractivity (Wildman–Crippen MR) is 35.6 cm³/mol. The summed E-state index contributed by atoms with van der Waals surface area (Å²) in [5.74, 6) is 5.25. The Kier molecular flexibility index (Phi) is 2.24. The summed E-state index contributed by atoms with van der Waals surface area (Å²) < 4.78 is 0. The fourth-order valence-corrected chi connectivity index (χ4v) is 1.16. The zero-order valence-corrected chi connectivity index (χ0v) is 5.71. The lowest BCUT2D eigenvalue weighted by molar-refractivity contribution is -0.122. The van der Waals surface area contributed by atoms with Crippen molar-refractivity contribution in [3.8, 4) is 0 Å². The normalized spacial score (nSPS) is 29.8. The fourth-order valence-electron chi connectivity index (χ4n) is 1.16. The van der Waals surface area contributed by atoms with Gasteiger partial charge in [0.2, 0.25) is 5.91 Å². The second kappa shape index (κ2) is 2.98. The quantitative estimate of drug-likeness (QED) is 0.270. The second-order valence-electron chi connectivity index (χ2n) is 2.62. The summed E-state index contributed by atoms with van der Waals surface area (Å²) in [4.78, 5) is 10.7. The number of carbonyl (C=O) groups is 1. The highest BCUT2D eigenvalue weighted by molar-refractivity contribution is 5.80. The predicted octanol–water partition coefficient (Wildman–Crippen LogP) is -1.01. The largest absolute Gasteiger partial charge is 0.396 e. The number of nitrogens with one attached hydrogen (secondary N) is 1. The average molecular weight is 144 g/mol. The molecule has 2 atom stereocenters. The van der Waals surface area contributed by atoms with E-state index in [1.165, 1.54) is 0 Å². The van der Waals surface area contributed by atoms with Gasteiger partial charge in [0.1, 0.15) is 0 Å². The van der Waals surface area contributed by atoms with E-state index in [0.29, 0.717) is 5.92 Å². The fraction of sp³-hybridized carbons (Fsp3) is 0.833. The molecule has 1 rings (SSSR count). The molecule has 4 N–H and O–H groups in total. The van der Waals surface area contributed by atoms with E-state index in [0.717, 1.165) is 12.8 Å². The molecule has 0 heterocycles. The van der Waals surface area contributed by atoms with E-state index in [1.54, 1.807) is 0 Å². The summed E-state index contributed by atoms with van der Waals surface area (Å²) in [7, 11) is 0. The van der Waals surface area contributed by atoms with Crippen LogP contribution >= 0.6 is 0 Å². The van der Waals surface area contributed by atoms with Crippen LogP contribution in [0.1, 0.15) is 12.8 Å². The Balaban J connectivity index is 2.18. The van der Waals surface area contributed by atoms with Crippen LogP contribution in [0, 0.1) is 11.8 Å². The van der Waals surface area contributed by atoms with Gasteiger partial charge in [0.05, 0.1) is 0 Å². The zero-order chi connectivity index (χ0) is 7.56. The molecule has 1 saturated carbocycles. The van der Waals surface area contributed by atoms with Crippen LogP contribution < -0.4 is 11.3 Å². The lowest BCUT2D eigenvalue weighted by Crippen LogP contribution is -2.31. The molecule has 1 aliphatic carbocycles. The topological polar surface area (TPSA) is 75.3 Å². The van der Waals surface area contributed by atoms with Crippen molar-refractivity contribution in [1.29, 1.82) is 0 Å². The van der Waals surface area contributed by atoms with Gasteiger partial charge < -0.3 is 5.11 Å². The molecule has 0 saturated heterocycles. The third kappa shape index (κ3) is 1.46. The third-order valence-corrected chi connectivity index (χ3v) is 1.90. The molecule has 0 radical (unpaired) electrons. The van der Waals surface area contributed by atoms with E-state index in [4.69, 9.17) is 10.9 Å². The van der Waals surface area contributed by atoms with Gasteiger partial charge in [-0.15, -0.1) is 0 Å². The van der Waals surface area contributed by atoms with Gasteiger partial charge in [0.25, 0.3) is 0 Å². The number of amides is 1. The van der Waals surface area contributed by atoms with Crippen molar-refractivity contribution in [3.63, 3.8) is 0 Å². The van der Waals surface area contributed by atoms with Gasteiger partial charge in [-0.05, 0) is 18.8 Å². The Morgan fingerprint density at radius 3 is 3.00 bits per heavy atom. The SMILES string of the molecule is NNC(=O)[C@H]1C[C@H]1CCO. The van der Waals surface area contributed by atoms with Crippen LogP contribution in [0.3, 0.4) is 0 Å². The molecule has 4 heteroatoms. The number of hydrogen-bond acceptors (Lipinski definition) is 3. The van der Waals surface area contributed by atoms with Crippen molar-refractivity contribution in [2.24, 2.45) is 17.7 Å². The summed E-state index contributed by atoms with van der Waals surface area (Å²) in [5, 5.41) is 8.49. The summed E-state index contributed by atoms with van der Waals surface area (Å²) in [6.07, 6.45) is 1.60. The molecule has 58 valence electrons. The van der Waals surface area contributed by atoms with Gasteiger partial charge in [0.15, 0.2) is 0 Å². The summed E-state index contributed by atoms with van der Waals surface area (Å²) in [5.41, 5.74) is 2.09. The molecule has 1 aliphatic rings. The number of hydrogen-bond donors (Lipinski definition) is 3. The molecular formula is C6H12N2O2. The van der Waals surface area contributed by atoms with Gasteiger partial charge in [-0.3, -0.25) is 10.2 Å². The monoisotopic (exact) mass is 144 g/mol. The molecule has 0 aromatic heterocycles. The van der Waals surface area contributed by atoms with Crippen molar-refractivity contribution in [1.82, 2.24) is 5.43 Å². The van der Waals surface area contributed by atoms with E-state index < -0.39 is 0 Å². The van der Waals surface area contributed by atoms with Crippen LogP contribution in [0.25, 0.3) is 0 Å². The van der Waals surface area contributed by atoms with Gasteiger partial charge >= 0.3 is 0 Å². The van der Waals surface area contributed by atoms with Crippen molar-refractivity contribution in [2.45, 2.75) is 12.8 Å². The first-order chi connectivity index (χ1) is 4.79. The molecule has 0 unspecified atom stereocenters. The second-order valence-corrected chi connectivity index (χ2v) is 2.62. The number of hydrazine groups is 1. The van der Waals surface area contributed by atoms with Gasteiger partial charge in [0, 0.05) is 12.5 Å². The minimum absolute atomic E-state index is 0.0668. The van der Waals surface area contributed by atoms with Gasteiger partial charge in [-0.1, -0.05) is 0 Å².